The first-order valence-electron chi connectivity index (χ1n) is 10.9. The van der Waals surface area contributed by atoms with E-state index >= 15 is 0 Å². The van der Waals surface area contributed by atoms with Crippen LogP contribution in [0.2, 0.25) is 0 Å². The molecular weight excluding hydrogens is 404 g/mol. The molecule has 7 nitrogen and oxygen atoms in total. The number of nitrogens with two attached hydrogens (primary N) is 1. The molecule has 0 bridgehead atoms. The molecule has 1 heterocycles. The number of nitrogens with zero attached hydrogens (tertiary/aromatic N) is 1. The number of amides is 2. The SMILES string of the molecule is C=C(CNC(=O)N1CCC(O)CC1)CC(OCCN)C(C)(C)C(C)N/C=C(/Cl)CC. The first kappa shape index (κ1) is 26.8. The smallest absolute Gasteiger partial charge is 0.317 e. The topological polar surface area (TPSA) is 99.9 Å². The van der Waals surface area contributed by atoms with Crippen molar-refractivity contribution in [2.75, 3.05) is 32.8 Å². The third-order valence-electron chi connectivity index (χ3n) is 5.93. The number of likely N-dealkylation sites (tertiary alicyclic amines) is 1. The Morgan fingerprint density at radius 2 is 2.07 bits per heavy atom. The van der Waals surface area contributed by atoms with Crippen molar-refractivity contribution in [1.82, 2.24) is 15.5 Å². The van der Waals surface area contributed by atoms with Gasteiger partial charge in [0.15, 0.2) is 0 Å². The minimum atomic E-state index is -0.302. The molecule has 1 saturated heterocycles. The molecule has 174 valence electrons. The summed E-state index contributed by atoms with van der Waals surface area (Å²) in [6.07, 6.45) is 4.07. The molecule has 0 radical (unpaired) electrons. The molecule has 1 aliphatic heterocycles. The lowest BCUT2D eigenvalue weighted by Gasteiger charge is -2.40. The number of piperidine rings is 1. The van der Waals surface area contributed by atoms with Crippen LogP contribution < -0.4 is 16.4 Å². The number of ether oxygens (including phenoxy) is 1. The Morgan fingerprint density at radius 3 is 2.63 bits per heavy atom. The molecule has 8 heteroatoms. The summed E-state index contributed by atoms with van der Waals surface area (Å²) in [5.41, 5.74) is 6.33. The lowest BCUT2D eigenvalue weighted by molar-refractivity contribution is -0.0342. The van der Waals surface area contributed by atoms with Crippen LogP contribution >= 0.6 is 11.6 Å². The van der Waals surface area contributed by atoms with E-state index in [1.165, 1.54) is 0 Å². The second-order valence-corrected chi connectivity index (χ2v) is 9.12. The van der Waals surface area contributed by atoms with Crippen molar-refractivity contribution in [3.05, 3.63) is 23.4 Å². The highest BCUT2D eigenvalue weighted by Crippen LogP contribution is 2.32. The Labute approximate surface area is 187 Å². The van der Waals surface area contributed by atoms with Crippen LogP contribution in [0.1, 0.15) is 53.4 Å². The van der Waals surface area contributed by atoms with E-state index in [0.29, 0.717) is 52.0 Å². The number of rotatable bonds is 12. The van der Waals surface area contributed by atoms with Gasteiger partial charge in [-0.25, -0.2) is 4.79 Å². The fourth-order valence-corrected chi connectivity index (χ4v) is 3.34. The van der Waals surface area contributed by atoms with Crippen LogP contribution in [0, 0.1) is 5.41 Å². The third-order valence-corrected chi connectivity index (χ3v) is 6.30. The van der Waals surface area contributed by atoms with Gasteiger partial charge in [-0.15, -0.1) is 0 Å². The van der Waals surface area contributed by atoms with Gasteiger partial charge in [0.1, 0.15) is 0 Å². The number of halogens is 1. The predicted molar refractivity (Wildman–Crippen MR) is 123 cm³/mol. The van der Waals surface area contributed by atoms with E-state index in [2.05, 4.69) is 38.0 Å². The van der Waals surface area contributed by atoms with Crippen molar-refractivity contribution in [2.45, 2.75) is 71.6 Å². The summed E-state index contributed by atoms with van der Waals surface area (Å²) in [4.78, 5) is 14.1. The molecule has 1 rings (SSSR count). The summed E-state index contributed by atoms with van der Waals surface area (Å²) < 4.78 is 6.09. The number of urea groups is 1. The standard InChI is InChI=1S/C22H41ClN4O3/c1-6-18(23)15-25-17(3)22(4,5)20(30-12-9-24)13-16(2)14-26-21(29)27-10-7-19(28)8-11-27/h15,17,19-20,25,28H,2,6-14,24H2,1,3-5H3,(H,26,29)/b18-15+. The molecule has 5 N–H and O–H groups in total. The lowest BCUT2D eigenvalue weighted by Crippen LogP contribution is -2.48. The van der Waals surface area contributed by atoms with Gasteiger partial charge in [0.2, 0.25) is 0 Å². The Hall–Kier alpha value is -1.28. The minimum Gasteiger partial charge on any atom is -0.393 e. The fourth-order valence-electron chi connectivity index (χ4n) is 3.27. The van der Waals surface area contributed by atoms with Crippen molar-refractivity contribution in [3.8, 4) is 0 Å². The van der Waals surface area contributed by atoms with Gasteiger partial charge in [0.05, 0.1) is 18.8 Å². The van der Waals surface area contributed by atoms with Crippen molar-refractivity contribution in [1.29, 1.82) is 0 Å². The highest BCUT2D eigenvalue weighted by Gasteiger charge is 2.36. The third kappa shape index (κ3) is 8.84. The maximum atomic E-state index is 12.4. The molecule has 0 spiro atoms. The molecule has 2 amide bonds. The van der Waals surface area contributed by atoms with Gasteiger partial charge in [-0.2, -0.15) is 0 Å². The summed E-state index contributed by atoms with van der Waals surface area (Å²) in [7, 11) is 0. The number of carbonyl (C=O) groups excluding carboxylic acids is 1. The van der Waals surface area contributed by atoms with E-state index in [1.54, 1.807) is 4.90 Å². The van der Waals surface area contributed by atoms with E-state index in [9.17, 15) is 9.90 Å². The molecule has 2 atom stereocenters. The number of hydrogen-bond donors (Lipinski definition) is 4. The molecule has 0 saturated carbocycles. The van der Waals surface area contributed by atoms with Gasteiger partial charge in [-0.1, -0.05) is 44.5 Å². The molecule has 2 unspecified atom stereocenters. The van der Waals surface area contributed by atoms with Crippen LogP contribution in [0.15, 0.2) is 23.4 Å². The molecule has 1 fully saturated rings. The second-order valence-electron chi connectivity index (χ2n) is 8.63. The zero-order valence-corrected chi connectivity index (χ0v) is 19.8. The Balaban J connectivity index is 2.64. The Morgan fingerprint density at radius 1 is 1.43 bits per heavy atom. The predicted octanol–water partition coefficient (Wildman–Crippen LogP) is 2.94. The zero-order chi connectivity index (χ0) is 22.7. The number of aliphatic hydroxyl groups excluding tert-OH is 1. The lowest BCUT2D eigenvalue weighted by atomic mass is 9.77. The number of hydrogen-bond acceptors (Lipinski definition) is 5. The molecule has 0 aromatic heterocycles. The summed E-state index contributed by atoms with van der Waals surface area (Å²) in [6, 6.07) is -0.0149. The molecule has 30 heavy (non-hydrogen) atoms. The summed E-state index contributed by atoms with van der Waals surface area (Å²) in [5.74, 6) is 0. The van der Waals surface area contributed by atoms with Crippen LogP contribution in [0.4, 0.5) is 4.79 Å². The highest BCUT2D eigenvalue weighted by molar-refractivity contribution is 6.29. The Kier molecular flexibility index (Phi) is 11.8. The molecular formula is C22H41ClN4O3. The second kappa shape index (κ2) is 13.2. The summed E-state index contributed by atoms with van der Waals surface area (Å²) >= 11 is 6.13. The maximum absolute atomic E-state index is 12.4. The molecule has 0 aromatic rings. The normalized spacial score (nSPS) is 18.1. The van der Waals surface area contributed by atoms with Crippen molar-refractivity contribution in [2.24, 2.45) is 11.1 Å². The average Bonchev–Trinajstić information content (AvgIpc) is 2.73. The highest BCUT2D eigenvalue weighted by atomic mass is 35.5. The van der Waals surface area contributed by atoms with E-state index in [4.69, 9.17) is 22.1 Å². The molecule has 0 aromatic carbocycles. The van der Waals surface area contributed by atoms with Gasteiger partial charge in [0.25, 0.3) is 0 Å². The van der Waals surface area contributed by atoms with E-state index < -0.39 is 0 Å². The molecule has 1 aliphatic rings. The quantitative estimate of drug-likeness (QED) is 0.347. The van der Waals surface area contributed by atoms with Crippen molar-refractivity contribution < 1.29 is 14.6 Å². The summed E-state index contributed by atoms with van der Waals surface area (Å²) in [5, 5.41) is 16.7. The monoisotopic (exact) mass is 444 g/mol. The van der Waals surface area contributed by atoms with Gasteiger partial charge in [-0.3, -0.25) is 0 Å². The van der Waals surface area contributed by atoms with Crippen molar-refractivity contribution in [3.63, 3.8) is 0 Å². The Bertz CT molecular complexity index is 575. The van der Waals surface area contributed by atoms with Crippen LogP contribution in [0.5, 0.6) is 0 Å². The van der Waals surface area contributed by atoms with Crippen LogP contribution in [0.25, 0.3) is 0 Å². The number of allylic oxidation sites excluding steroid dienone is 1. The maximum Gasteiger partial charge on any atom is 0.317 e. The van der Waals surface area contributed by atoms with Crippen LogP contribution in [-0.2, 0) is 4.74 Å². The summed E-state index contributed by atoms with van der Waals surface area (Å²) in [6.45, 7) is 15.0. The van der Waals surface area contributed by atoms with E-state index in [0.717, 1.165) is 17.0 Å². The van der Waals surface area contributed by atoms with Crippen LogP contribution in [-0.4, -0.2) is 67.1 Å². The average molecular weight is 445 g/mol. The molecule has 0 aliphatic carbocycles. The van der Waals surface area contributed by atoms with Gasteiger partial charge >= 0.3 is 6.03 Å². The van der Waals surface area contributed by atoms with Crippen LogP contribution in [0.3, 0.4) is 0 Å². The zero-order valence-electron chi connectivity index (χ0n) is 19.0. The van der Waals surface area contributed by atoms with Gasteiger partial charge in [-0.05, 0) is 32.6 Å². The van der Waals surface area contributed by atoms with E-state index in [-0.39, 0.29) is 29.7 Å². The van der Waals surface area contributed by atoms with E-state index in [1.807, 2.05) is 13.1 Å². The number of aliphatic hydroxyl groups is 1. The minimum absolute atomic E-state index is 0.0998. The van der Waals surface area contributed by atoms with Crippen molar-refractivity contribution >= 4 is 17.6 Å². The van der Waals surface area contributed by atoms with Gasteiger partial charge < -0.3 is 31.1 Å². The number of nitrogens with one attached hydrogen (secondary N) is 2. The number of carbonyl (C=O) groups is 1. The first-order chi connectivity index (χ1) is 14.1. The first-order valence-corrected chi connectivity index (χ1v) is 11.3. The fraction of sp³-hybridized carbons (Fsp3) is 0.773. The largest absolute Gasteiger partial charge is 0.393 e. The van der Waals surface area contributed by atoms with Gasteiger partial charge in [0, 0.05) is 48.9 Å².